The second kappa shape index (κ2) is 9.11. The first-order valence-corrected chi connectivity index (χ1v) is 7.99. The lowest BCUT2D eigenvalue weighted by atomic mass is 10.0. The lowest BCUT2D eigenvalue weighted by Gasteiger charge is -2.18. The van der Waals surface area contributed by atoms with Crippen LogP contribution in [0.4, 0.5) is 0 Å². The monoisotopic (exact) mass is 368 g/mol. The van der Waals surface area contributed by atoms with Crippen LogP contribution in [0, 0.1) is 0 Å². The van der Waals surface area contributed by atoms with Gasteiger partial charge < -0.3 is 22.2 Å². The van der Waals surface area contributed by atoms with Crippen molar-refractivity contribution in [2.24, 2.45) is 17.3 Å². The summed E-state index contributed by atoms with van der Waals surface area (Å²) < 4.78 is 0. The number of hydrogen-bond donors (Lipinski definition) is 5. The maximum atomic E-state index is 12.6. The first-order valence-electron chi connectivity index (χ1n) is 7.99. The average molecular weight is 368 g/mol. The van der Waals surface area contributed by atoms with Crippen molar-refractivity contribution in [2.45, 2.75) is 12.5 Å². The number of nitrogens with one attached hydrogen (secondary N) is 2. The molecule has 9 heteroatoms. The highest BCUT2D eigenvalue weighted by atomic mass is 16.2. The van der Waals surface area contributed by atoms with Gasteiger partial charge in [0.2, 0.25) is 5.78 Å². The average Bonchev–Trinajstić information content (AvgIpc) is 2.68. The summed E-state index contributed by atoms with van der Waals surface area (Å²) in [5.74, 6) is 2.61. The van der Waals surface area contributed by atoms with E-state index < -0.39 is 23.6 Å². The predicted octanol–water partition coefficient (Wildman–Crippen LogP) is -1.05. The van der Waals surface area contributed by atoms with Gasteiger partial charge in [-0.1, -0.05) is 30.3 Å². The topological polar surface area (TPSA) is 166 Å². The summed E-state index contributed by atoms with van der Waals surface area (Å²) in [7, 11) is 0. The number of hydrazine groups is 1. The Balaban J connectivity index is 2.28. The smallest absolute Gasteiger partial charge is 0.287 e. The second-order valence-electron chi connectivity index (χ2n) is 5.61. The molecule has 1 atom stereocenters. The fourth-order valence-electron chi connectivity index (χ4n) is 2.40. The van der Waals surface area contributed by atoms with E-state index in [0.717, 1.165) is 5.56 Å². The van der Waals surface area contributed by atoms with Crippen molar-refractivity contribution in [3.63, 3.8) is 0 Å². The number of nitrogens with zero attached hydrogens (tertiary/aromatic N) is 1. The number of carbonyl (C=O) groups excluding carboxylic acids is 3. The molecule has 2 rings (SSSR count). The largest absolute Gasteiger partial charge is 0.396 e. The van der Waals surface area contributed by atoms with E-state index in [1.807, 2.05) is 6.07 Å². The summed E-state index contributed by atoms with van der Waals surface area (Å²) >= 11 is 0. The number of Topliss-reactive ketones (excluding diaryl/α,β-unsaturated/α-hetero) is 1. The molecule has 0 bridgehead atoms. The number of rotatable bonds is 8. The standard InChI is InChI=1S/C18H20N6O3/c19-14(12-6-8-22-9-7-12)15(24-21)18(27)23-13(16(25)17(20)26)10-11-4-2-1-3-5-11/h1-9,13,24H,10,19,21H2,(H2,20,26)(H,23,27)/b15-14-. The minimum atomic E-state index is -1.16. The third-order valence-electron chi connectivity index (χ3n) is 3.78. The summed E-state index contributed by atoms with van der Waals surface area (Å²) in [6.45, 7) is 0. The molecule has 1 aromatic heterocycles. The van der Waals surface area contributed by atoms with E-state index in [-0.39, 0.29) is 17.8 Å². The molecule has 9 nitrogen and oxygen atoms in total. The highest BCUT2D eigenvalue weighted by Gasteiger charge is 2.27. The Morgan fingerprint density at radius 2 is 1.63 bits per heavy atom. The van der Waals surface area contributed by atoms with Gasteiger partial charge in [-0.15, -0.1) is 0 Å². The third-order valence-corrected chi connectivity index (χ3v) is 3.78. The molecule has 27 heavy (non-hydrogen) atoms. The van der Waals surface area contributed by atoms with Crippen molar-refractivity contribution in [3.05, 3.63) is 71.7 Å². The van der Waals surface area contributed by atoms with Crippen LogP contribution in [0.5, 0.6) is 0 Å². The molecular formula is C18H20N6O3. The summed E-state index contributed by atoms with van der Waals surface area (Å²) in [6, 6.07) is 10.9. The maximum Gasteiger partial charge on any atom is 0.287 e. The molecule has 2 amide bonds. The lowest BCUT2D eigenvalue weighted by molar-refractivity contribution is -0.138. The SMILES string of the molecule is NN/C(C(=O)NC(Cc1ccccc1)C(=O)C(N)=O)=C(\N)c1ccncc1. The van der Waals surface area contributed by atoms with E-state index in [9.17, 15) is 14.4 Å². The Hall–Kier alpha value is -3.72. The van der Waals surface area contributed by atoms with Crippen LogP contribution in [0.15, 0.2) is 60.6 Å². The molecule has 8 N–H and O–H groups in total. The molecule has 1 aromatic carbocycles. The molecule has 140 valence electrons. The predicted molar refractivity (Wildman–Crippen MR) is 98.9 cm³/mol. The number of benzene rings is 1. The molecule has 0 spiro atoms. The quantitative estimate of drug-likeness (QED) is 0.172. The lowest BCUT2D eigenvalue weighted by Crippen LogP contribution is -2.49. The van der Waals surface area contributed by atoms with Crippen LogP contribution < -0.4 is 28.1 Å². The minimum Gasteiger partial charge on any atom is -0.396 e. The zero-order chi connectivity index (χ0) is 19.8. The van der Waals surface area contributed by atoms with Crippen molar-refractivity contribution in [1.29, 1.82) is 0 Å². The first-order chi connectivity index (χ1) is 12.9. The van der Waals surface area contributed by atoms with Gasteiger partial charge in [0, 0.05) is 24.4 Å². The van der Waals surface area contributed by atoms with Gasteiger partial charge in [0.05, 0.1) is 5.70 Å². The van der Waals surface area contributed by atoms with Crippen LogP contribution in [0.25, 0.3) is 5.70 Å². The van der Waals surface area contributed by atoms with Gasteiger partial charge in [0.25, 0.3) is 11.8 Å². The molecule has 2 aromatic rings. The molecule has 0 aliphatic heterocycles. The van der Waals surface area contributed by atoms with Gasteiger partial charge in [0.15, 0.2) is 0 Å². The van der Waals surface area contributed by atoms with Crippen LogP contribution >= 0.6 is 0 Å². The van der Waals surface area contributed by atoms with E-state index in [2.05, 4.69) is 15.7 Å². The molecule has 0 aliphatic rings. The van der Waals surface area contributed by atoms with Crippen molar-refractivity contribution in [2.75, 3.05) is 0 Å². The van der Waals surface area contributed by atoms with Gasteiger partial charge in [-0.05, 0) is 17.7 Å². The second-order valence-corrected chi connectivity index (χ2v) is 5.61. The number of ketones is 1. The van der Waals surface area contributed by atoms with Gasteiger partial charge >= 0.3 is 0 Å². The van der Waals surface area contributed by atoms with Crippen LogP contribution in [-0.4, -0.2) is 28.6 Å². The molecule has 0 saturated carbocycles. The van der Waals surface area contributed by atoms with E-state index >= 15 is 0 Å². The van der Waals surface area contributed by atoms with Crippen molar-refractivity contribution in [1.82, 2.24) is 15.7 Å². The van der Waals surface area contributed by atoms with E-state index in [1.54, 1.807) is 36.4 Å². The Morgan fingerprint density at radius 3 is 2.19 bits per heavy atom. The zero-order valence-corrected chi connectivity index (χ0v) is 14.4. The third kappa shape index (κ3) is 5.13. The van der Waals surface area contributed by atoms with Crippen molar-refractivity contribution >= 4 is 23.3 Å². The Kier molecular flexibility index (Phi) is 6.61. The summed E-state index contributed by atoms with van der Waals surface area (Å²) in [5.41, 5.74) is 14.5. The number of aromatic nitrogens is 1. The summed E-state index contributed by atoms with van der Waals surface area (Å²) in [5, 5.41) is 2.46. The van der Waals surface area contributed by atoms with Crippen molar-refractivity contribution in [3.8, 4) is 0 Å². The highest BCUT2D eigenvalue weighted by molar-refractivity contribution is 6.38. The zero-order valence-electron chi connectivity index (χ0n) is 14.4. The summed E-state index contributed by atoms with van der Waals surface area (Å²) in [6.07, 6.45) is 3.09. The number of primary amides is 1. The van der Waals surface area contributed by atoms with Crippen LogP contribution in [0.3, 0.4) is 0 Å². The van der Waals surface area contributed by atoms with Crippen molar-refractivity contribution < 1.29 is 14.4 Å². The maximum absolute atomic E-state index is 12.6. The Labute approximate surface area is 155 Å². The number of pyridine rings is 1. The number of nitrogens with two attached hydrogens (primary N) is 3. The van der Waals surface area contributed by atoms with Crippen LogP contribution in [0.2, 0.25) is 0 Å². The number of hydrogen-bond acceptors (Lipinski definition) is 7. The highest BCUT2D eigenvalue weighted by Crippen LogP contribution is 2.11. The Bertz CT molecular complexity index is 852. The summed E-state index contributed by atoms with van der Waals surface area (Å²) in [4.78, 5) is 40.0. The number of carbonyl (C=O) groups is 3. The fraction of sp³-hybridized carbons (Fsp3) is 0.111. The Morgan fingerprint density at radius 1 is 1.00 bits per heavy atom. The van der Waals surface area contributed by atoms with Crippen LogP contribution in [-0.2, 0) is 20.8 Å². The molecule has 0 saturated heterocycles. The normalized spacial score (nSPS) is 12.5. The molecular weight excluding hydrogens is 348 g/mol. The van der Waals surface area contributed by atoms with E-state index in [4.69, 9.17) is 17.3 Å². The molecule has 1 unspecified atom stereocenters. The molecule has 0 radical (unpaired) electrons. The fourth-order valence-corrected chi connectivity index (χ4v) is 2.40. The van der Waals surface area contributed by atoms with Gasteiger partial charge in [-0.3, -0.25) is 25.2 Å². The first kappa shape index (κ1) is 19.6. The van der Waals surface area contributed by atoms with Gasteiger partial charge in [0.1, 0.15) is 11.7 Å². The van der Waals surface area contributed by atoms with E-state index in [1.165, 1.54) is 12.4 Å². The molecule has 0 aliphatic carbocycles. The van der Waals surface area contributed by atoms with Gasteiger partial charge in [-0.25, -0.2) is 0 Å². The molecule has 0 fully saturated rings. The van der Waals surface area contributed by atoms with Gasteiger partial charge in [-0.2, -0.15) is 0 Å². The minimum absolute atomic E-state index is 0.0578. The van der Waals surface area contributed by atoms with E-state index in [0.29, 0.717) is 5.56 Å². The molecule has 1 heterocycles. The van der Waals surface area contributed by atoms with Crippen LogP contribution in [0.1, 0.15) is 11.1 Å². The number of amides is 2.